The lowest BCUT2D eigenvalue weighted by atomic mass is 10.4. The predicted octanol–water partition coefficient (Wildman–Crippen LogP) is 1.94. The van der Waals surface area contributed by atoms with Gasteiger partial charge in [0.15, 0.2) is 5.69 Å². The molecule has 0 atom stereocenters. The Kier molecular flexibility index (Phi) is 5.08. The fourth-order valence-electron chi connectivity index (χ4n) is 1.45. The van der Waals surface area contributed by atoms with Crippen LogP contribution >= 0.6 is 22.7 Å². The summed E-state index contributed by atoms with van der Waals surface area (Å²) < 4.78 is 0. The number of amides is 2. The van der Waals surface area contributed by atoms with E-state index in [1.807, 2.05) is 17.5 Å². The third kappa shape index (κ3) is 4.32. The first-order valence-corrected chi connectivity index (χ1v) is 7.63. The normalized spacial score (nSPS) is 10.2. The lowest BCUT2D eigenvalue weighted by Crippen LogP contribution is -2.36. The van der Waals surface area contributed by atoms with Crippen LogP contribution in [0.2, 0.25) is 0 Å². The van der Waals surface area contributed by atoms with Gasteiger partial charge in [0.2, 0.25) is 0 Å². The standard InChI is InChI=1S/C12H13N3O3S2/c16-11(17)9-7-20-10(15-9)3-4-13-12(18)14-6-8-2-1-5-19-8/h1-2,5,7H,3-4,6H2,(H,16,17)(H2,13,14,18). The summed E-state index contributed by atoms with van der Waals surface area (Å²) in [5, 5.41) is 18.3. The lowest BCUT2D eigenvalue weighted by molar-refractivity contribution is 0.0691. The molecule has 0 aliphatic carbocycles. The molecule has 20 heavy (non-hydrogen) atoms. The van der Waals surface area contributed by atoms with Crippen LogP contribution in [0, 0.1) is 0 Å². The van der Waals surface area contributed by atoms with E-state index in [2.05, 4.69) is 15.6 Å². The molecule has 0 aliphatic heterocycles. The van der Waals surface area contributed by atoms with Gasteiger partial charge in [-0.25, -0.2) is 14.6 Å². The molecule has 0 aliphatic rings. The van der Waals surface area contributed by atoms with Crippen molar-refractivity contribution in [2.75, 3.05) is 6.54 Å². The van der Waals surface area contributed by atoms with E-state index in [-0.39, 0.29) is 11.7 Å². The van der Waals surface area contributed by atoms with Crippen molar-refractivity contribution in [1.29, 1.82) is 0 Å². The Morgan fingerprint density at radius 3 is 2.80 bits per heavy atom. The fraction of sp³-hybridized carbons (Fsp3) is 0.250. The summed E-state index contributed by atoms with van der Waals surface area (Å²) in [4.78, 5) is 27.2. The lowest BCUT2D eigenvalue weighted by Gasteiger charge is -2.05. The number of aromatic nitrogens is 1. The highest BCUT2D eigenvalue weighted by molar-refractivity contribution is 7.10. The zero-order valence-corrected chi connectivity index (χ0v) is 12.1. The highest BCUT2D eigenvalue weighted by Crippen LogP contribution is 2.10. The summed E-state index contributed by atoms with van der Waals surface area (Å²) in [6, 6.07) is 3.64. The third-order valence-electron chi connectivity index (χ3n) is 2.40. The molecule has 2 aromatic heterocycles. The average Bonchev–Trinajstić information content (AvgIpc) is 3.07. The van der Waals surface area contributed by atoms with E-state index in [4.69, 9.17) is 5.11 Å². The molecule has 2 rings (SSSR count). The monoisotopic (exact) mass is 311 g/mol. The van der Waals surface area contributed by atoms with Gasteiger partial charge in [0, 0.05) is 23.2 Å². The van der Waals surface area contributed by atoms with Crippen molar-refractivity contribution in [1.82, 2.24) is 15.6 Å². The van der Waals surface area contributed by atoms with E-state index < -0.39 is 5.97 Å². The van der Waals surface area contributed by atoms with Gasteiger partial charge in [-0.15, -0.1) is 22.7 Å². The van der Waals surface area contributed by atoms with Gasteiger partial charge in [0.25, 0.3) is 0 Å². The van der Waals surface area contributed by atoms with E-state index in [0.29, 0.717) is 24.5 Å². The Labute approximate surface area is 123 Å². The number of hydrogen-bond donors (Lipinski definition) is 3. The molecule has 6 nitrogen and oxygen atoms in total. The maximum Gasteiger partial charge on any atom is 0.355 e. The van der Waals surface area contributed by atoms with Crippen molar-refractivity contribution in [3.8, 4) is 0 Å². The van der Waals surface area contributed by atoms with E-state index in [1.165, 1.54) is 16.7 Å². The summed E-state index contributed by atoms with van der Waals surface area (Å²) >= 11 is 2.86. The molecule has 0 fully saturated rings. The van der Waals surface area contributed by atoms with Gasteiger partial charge in [-0.3, -0.25) is 0 Å². The zero-order chi connectivity index (χ0) is 14.4. The first-order valence-electron chi connectivity index (χ1n) is 5.87. The minimum absolute atomic E-state index is 0.0483. The van der Waals surface area contributed by atoms with Gasteiger partial charge >= 0.3 is 12.0 Å². The molecule has 0 radical (unpaired) electrons. The van der Waals surface area contributed by atoms with Crippen LogP contribution in [0.5, 0.6) is 0 Å². The Morgan fingerprint density at radius 2 is 2.15 bits per heavy atom. The molecular weight excluding hydrogens is 298 g/mol. The van der Waals surface area contributed by atoms with Crippen LogP contribution in [0.25, 0.3) is 0 Å². The molecule has 0 saturated heterocycles. The number of nitrogens with zero attached hydrogens (tertiary/aromatic N) is 1. The smallest absolute Gasteiger partial charge is 0.355 e. The topological polar surface area (TPSA) is 91.3 Å². The first kappa shape index (κ1) is 14.5. The number of rotatable bonds is 6. The molecule has 2 heterocycles. The molecule has 0 bridgehead atoms. The van der Waals surface area contributed by atoms with Crippen LogP contribution in [-0.4, -0.2) is 28.6 Å². The Bertz CT molecular complexity index is 581. The second-order valence-corrected chi connectivity index (χ2v) is 5.85. The van der Waals surface area contributed by atoms with Crippen molar-refractivity contribution >= 4 is 34.7 Å². The summed E-state index contributed by atoms with van der Waals surface area (Å²) in [6.07, 6.45) is 0.518. The summed E-state index contributed by atoms with van der Waals surface area (Å²) in [5.74, 6) is -1.03. The SMILES string of the molecule is O=C(NCCc1nc(C(=O)O)cs1)NCc1cccs1. The van der Waals surface area contributed by atoms with Gasteiger partial charge in [-0.05, 0) is 11.4 Å². The van der Waals surface area contributed by atoms with Gasteiger partial charge < -0.3 is 15.7 Å². The Balaban J connectivity index is 1.67. The third-order valence-corrected chi connectivity index (χ3v) is 4.18. The van der Waals surface area contributed by atoms with Crippen molar-refractivity contribution in [3.63, 3.8) is 0 Å². The fourth-order valence-corrected chi connectivity index (χ4v) is 2.87. The highest BCUT2D eigenvalue weighted by Gasteiger charge is 2.08. The molecule has 0 spiro atoms. The quantitative estimate of drug-likeness (QED) is 0.760. The second-order valence-electron chi connectivity index (χ2n) is 3.87. The van der Waals surface area contributed by atoms with E-state index >= 15 is 0 Å². The van der Waals surface area contributed by atoms with Gasteiger partial charge in [-0.2, -0.15) is 0 Å². The maximum absolute atomic E-state index is 11.5. The average molecular weight is 311 g/mol. The van der Waals surface area contributed by atoms with E-state index in [1.54, 1.807) is 11.3 Å². The largest absolute Gasteiger partial charge is 0.476 e. The molecule has 106 valence electrons. The number of carboxylic acid groups (broad SMARTS) is 1. The van der Waals surface area contributed by atoms with Gasteiger partial charge in [0.1, 0.15) is 0 Å². The van der Waals surface area contributed by atoms with E-state index in [9.17, 15) is 9.59 Å². The molecule has 0 saturated carbocycles. The number of carboxylic acids is 1. The molecule has 0 unspecified atom stereocenters. The summed E-state index contributed by atoms with van der Waals surface area (Å²) in [7, 11) is 0. The van der Waals surface area contributed by atoms with Crippen LogP contribution in [0.1, 0.15) is 20.4 Å². The number of carbonyl (C=O) groups excluding carboxylic acids is 1. The summed E-state index contributed by atoms with van der Waals surface area (Å²) in [6.45, 7) is 0.923. The van der Waals surface area contributed by atoms with Gasteiger partial charge in [-0.1, -0.05) is 6.07 Å². The molecule has 2 amide bonds. The zero-order valence-electron chi connectivity index (χ0n) is 10.5. The Hall–Kier alpha value is -1.93. The number of thiazole rings is 1. The van der Waals surface area contributed by atoms with Crippen molar-refractivity contribution in [2.45, 2.75) is 13.0 Å². The highest BCUT2D eigenvalue weighted by atomic mass is 32.1. The number of urea groups is 1. The van der Waals surface area contributed by atoms with Crippen LogP contribution < -0.4 is 10.6 Å². The van der Waals surface area contributed by atoms with Crippen LogP contribution in [-0.2, 0) is 13.0 Å². The number of aromatic carboxylic acids is 1. The van der Waals surface area contributed by atoms with Gasteiger partial charge in [0.05, 0.1) is 11.6 Å². The number of hydrogen-bond acceptors (Lipinski definition) is 5. The van der Waals surface area contributed by atoms with E-state index in [0.717, 1.165) is 4.88 Å². The number of thiophene rings is 1. The molecule has 2 aromatic rings. The van der Waals surface area contributed by atoms with Crippen LogP contribution in [0.4, 0.5) is 4.79 Å². The maximum atomic E-state index is 11.5. The summed E-state index contributed by atoms with van der Waals surface area (Å²) in [5.41, 5.74) is 0.0483. The van der Waals surface area contributed by atoms with Crippen LogP contribution in [0.3, 0.4) is 0 Å². The first-order chi connectivity index (χ1) is 9.65. The predicted molar refractivity (Wildman–Crippen MR) is 77.3 cm³/mol. The van der Waals surface area contributed by atoms with Crippen molar-refractivity contribution < 1.29 is 14.7 Å². The second kappa shape index (κ2) is 7.01. The molecule has 0 aromatic carbocycles. The molecule has 8 heteroatoms. The number of nitrogens with one attached hydrogen (secondary N) is 2. The minimum atomic E-state index is -1.03. The minimum Gasteiger partial charge on any atom is -0.476 e. The van der Waals surface area contributed by atoms with Crippen LogP contribution in [0.15, 0.2) is 22.9 Å². The number of carbonyl (C=O) groups is 2. The molecular formula is C12H13N3O3S2. The van der Waals surface area contributed by atoms with Crippen molar-refractivity contribution in [3.05, 3.63) is 38.5 Å². The van der Waals surface area contributed by atoms with Crippen molar-refractivity contribution in [2.24, 2.45) is 0 Å². The molecule has 3 N–H and O–H groups in total. The Morgan fingerprint density at radius 1 is 1.30 bits per heavy atom.